The molecular formula is C14H21N3OS. The SMILES string of the molecule is Cc1ccc(N2CCSC(C)C2C)c(/C(N)=N/O)c1. The first-order valence-electron chi connectivity index (χ1n) is 6.51. The molecular weight excluding hydrogens is 258 g/mol. The number of benzene rings is 1. The van der Waals surface area contributed by atoms with Crippen LogP contribution in [0.2, 0.25) is 0 Å². The number of hydrogen-bond donors (Lipinski definition) is 2. The van der Waals surface area contributed by atoms with Crippen LogP contribution in [0.1, 0.15) is 25.0 Å². The summed E-state index contributed by atoms with van der Waals surface area (Å²) in [7, 11) is 0. The van der Waals surface area contributed by atoms with Crippen molar-refractivity contribution in [2.75, 3.05) is 17.2 Å². The molecule has 1 aromatic rings. The van der Waals surface area contributed by atoms with Gasteiger partial charge in [-0.2, -0.15) is 11.8 Å². The number of oxime groups is 1. The van der Waals surface area contributed by atoms with Crippen LogP contribution in [0.25, 0.3) is 0 Å². The van der Waals surface area contributed by atoms with Crippen LogP contribution in [0, 0.1) is 6.92 Å². The van der Waals surface area contributed by atoms with Crippen LogP contribution in [0.4, 0.5) is 5.69 Å². The molecule has 2 unspecified atom stereocenters. The van der Waals surface area contributed by atoms with Gasteiger partial charge in [-0.25, -0.2) is 0 Å². The molecule has 1 aliphatic rings. The van der Waals surface area contributed by atoms with E-state index in [4.69, 9.17) is 10.9 Å². The molecule has 1 heterocycles. The van der Waals surface area contributed by atoms with Crippen LogP contribution in [-0.4, -0.2) is 34.6 Å². The van der Waals surface area contributed by atoms with Gasteiger partial charge >= 0.3 is 0 Å². The number of hydrogen-bond acceptors (Lipinski definition) is 4. The predicted molar refractivity (Wildman–Crippen MR) is 82.4 cm³/mol. The van der Waals surface area contributed by atoms with Gasteiger partial charge in [-0.05, 0) is 26.0 Å². The minimum atomic E-state index is 0.178. The van der Waals surface area contributed by atoms with Crippen molar-refractivity contribution in [3.63, 3.8) is 0 Å². The van der Waals surface area contributed by atoms with Gasteiger partial charge in [0.2, 0.25) is 0 Å². The van der Waals surface area contributed by atoms with Crippen LogP contribution in [0.3, 0.4) is 0 Å². The number of anilines is 1. The Bertz CT molecular complexity index is 490. The van der Waals surface area contributed by atoms with E-state index >= 15 is 0 Å². The predicted octanol–water partition coefficient (Wildman–Crippen LogP) is 2.42. The van der Waals surface area contributed by atoms with Crippen molar-refractivity contribution in [1.29, 1.82) is 0 Å². The molecule has 0 bridgehead atoms. The molecule has 0 spiro atoms. The normalized spacial score (nSPS) is 24.6. The Hall–Kier alpha value is -1.36. The summed E-state index contributed by atoms with van der Waals surface area (Å²) in [6.07, 6.45) is 0. The molecule has 1 aliphatic heterocycles. The first kappa shape index (κ1) is 14.1. The van der Waals surface area contributed by atoms with Gasteiger partial charge in [-0.15, -0.1) is 0 Å². The highest BCUT2D eigenvalue weighted by Gasteiger charge is 2.27. The highest BCUT2D eigenvalue weighted by Crippen LogP contribution is 2.31. The molecule has 1 aromatic carbocycles. The zero-order chi connectivity index (χ0) is 14.0. The molecule has 104 valence electrons. The maximum absolute atomic E-state index is 8.96. The summed E-state index contributed by atoms with van der Waals surface area (Å²) in [5.41, 5.74) is 8.80. The zero-order valence-corrected chi connectivity index (χ0v) is 12.4. The smallest absolute Gasteiger partial charge is 0.172 e. The first-order chi connectivity index (χ1) is 9.04. The molecule has 5 heteroatoms. The highest BCUT2D eigenvalue weighted by molar-refractivity contribution is 8.00. The highest BCUT2D eigenvalue weighted by atomic mass is 32.2. The van der Waals surface area contributed by atoms with E-state index in [9.17, 15) is 0 Å². The molecule has 0 saturated carbocycles. The Kier molecular flexibility index (Phi) is 4.24. The van der Waals surface area contributed by atoms with Gasteiger partial charge in [0.1, 0.15) is 0 Å². The summed E-state index contributed by atoms with van der Waals surface area (Å²) < 4.78 is 0. The maximum Gasteiger partial charge on any atom is 0.172 e. The molecule has 1 saturated heterocycles. The fourth-order valence-corrected chi connectivity index (χ4v) is 3.53. The molecule has 0 radical (unpaired) electrons. The third-order valence-electron chi connectivity index (χ3n) is 3.73. The summed E-state index contributed by atoms with van der Waals surface area (Å²) in [5, 5.41) is 12.7. The van der Waals surface area contributed by atoms with Gasteiger partial charge in [0.25, 0.3) is 0 Å². The third kappa shape index (κ3) is 2.81. The van der Waals surface area contributed by atoms with E-state index in [1.165, 1.54) is 0 Å². The van der Waals surface area contributed by atoms with Gasteiger partial charge < -0.3 is 15.8 Å². The number of amidine groups is 1. The lowest BCUT2D eigenvalue weighted by Gasteiger charge is -2.40. The monoisotopic (exact) mass is 279 g/mol. The largest absolute Gasteiger partial charge is 0.409 e. The number of nitrogens with two attached hydrogens (primary N) is 1. The van der Waals surface area contributed by atoms with Gasteiger partial charge in [0.15, 0.2) is 5.84 Å². The second-order valence-corrected chi connectivity index (χ2v) is 6.50. The van der Waals surface area contributed by atoms with Crippen molar-refractivity contribution < 1.29 is 5.21 Å². The van der Waals surface area contributed by atoms with E-state index in [0.717, 1.165) is 29.1 Å². The summed E-state index contributed by atoms with van der Waals surface area (Å²) in [5.74, 6) is 1.28. The summed E-state index contributed by atoms with van der Waals surface area (Å²) in [6, 6.07) is 6.56. The van der Waals surface area contributed by atoms with Crippen molar-refractivity contribution in [3.8, 4) is 0 Å². The minimum Gasteiger partial charge on any atom is -0.409 e. The van der Waals surface area contributed by atoms with E-state index in [1.807, 2.05) is 24.8 Å². The lowest BCUT2D eigenvalue weighted by atomic mass is 10.0. The Morgan fingerprint density at radius 3 is 2.89 bits per heavy atom. The molecule has 19 heavy (non-hydrogen) atoms. The van der Waals surface area contributed by atoms with Crippen LogP contribution in [0.5, 0.6) is 0 Å². The van der Waals surface area contributed by atoms with Gasteiger partial charge in [-0.1, -0.05) is 23.7 Å². The molecule has 3 N–H and O–H groups in total. The Morgan fingerprint density at radius 1 is 1.47 bits per heavy atom. The lowest BCUT2D eigenvalue weighted by Crippen LogP contribution is -2.45. The van der Waals surface area contributed by atoms with Crippen LogP contribution in [-0.2, 0) is 0 Å². The molecule has 0 amide bonds. The van der Waals surface area contributed by atoms with Crippen molar-refractivity contribution >= 4 is 23.3 Å². The Balaban J connectivity index is 2.44. The van der Waals surface area contributed by atoms with Gasteiger partial charge in [-0.3, -0.25) is 0 Å². The maximum atomic E-state index is 8.96. The van der Waals surface area contributed by atoms with Crippen LogP contribution < -0.4 is 10.6 Å². The van der Waals surface area contributed by atoms with Gasteiger partial charge in [0, 0.05) is 34.8 Å². The molecule has 0 aliphatic carbocycles. The number of nitrogens with zero attached hydrogens (tertiary/aromatic N) is 2. The van der Waals surface area contributed by atoms with Gasteiger partial charge in [0.05, 0.1) is 0 Å². The quantitative estimate of drug-likeness (QED) is 0.378. The minimum absolute atomic E-state index is 0.178. The number of thioether (sulfide) groups is 1. The second kappa shape index (κ2) is 5.74. The number of aryl methyl sites for hydroxylation is 1. The van der Waals surface area contributed by atoms with E-state index in [1.54, 1.807) is 0 Å². The van der Waals surface area contributed by atoms with E-state index in [2.05, 4.69) is 36.0 Å². The Morgan fingerprint density at radius 2 is 2.21 bits per heavy atom. The van der Waals surface area contributed by atoms with E-state index in [-0.39, 0.29) is 5.84 Å². The molecule has 0 aromatic heterocycles. The van der Waals surface area contributed by atoms with Crippen LogP contribution in [0.15, 0.2) is 23.4 Å². The Labute approximate surface area is 118 Å². The molecule has 4 nitrogen and oxygen atoms in total. The average molecular weight is 279 g/mol. The van der Waals surface area contributed by atoms with E-state index < -0.39 is 0 Å². The standard InChI is InChI=1S/C14H21N3OS/c1-9-4-5-13(12(8-9)14(15)16-18)17-6-7-19-11(3)10(17)2/h4-5,8,10-11,18H,6-7H2,1-3H3,(H2,15,16). The fraction of sp³-hybridized carbons (Fsp3) is 0.500. The summed E-state index contributed by atoms with van der Waals surface area (Å²) >= 11 is 2.00. The average Bonchev–Trinajstić information content (AvgIpc) is 2.41. The molecule has 1 fully saturated rings. The third-order valence-corrected chi connectivity index (χ3v) is 5.07. The second-order valence-electron chi connectivity index (χ2n) is 5.02. The molecule has 2 atom stereocenters. The van der Waals surface area contributed by atoms with Crippen molar-refractivity contribution in [2.24, 2.45) is 10.9 Å². The summed E-state index contributed by atoms with van der Waals surface area (Å²) in [6.45, 7) is 7.48. The van der Waals surface area contributed by atoms with Crippen molar-refractivity contribution in [3.05, 3.63) is 29.3 Å². The summed E-state index contributed by atoms with van der Waals surface area (Å²) in [4.78, 5) is 2.36. The number of rotatable bonds is 2. The zero-order valence-electron chi connectivity index (χ0n) is 11.6. The van der Waals surface area contributed by atoms with E-state index in [0.29, 0.717) is 11.3 Å². The van der Waals surface area contributed by atoms with Crippen LogP contribution >= 0.6 is 11.8 Å². The first-order valence-corrected chi connectivity index (χ1v) is 7.56. The topological polar surface area (TPSA) is 61.8 Å². The van der Waals surface area contributed by atoms with Crippen molar-refractivity contribution in [1.82, 2.24) is 0 Å². The fourth-order valence-electron chi connectivity index (χ4n) is 2.43. The lowest BCUT2D eigenvalue weighted by molar-refractivity contribution is 0.318. The molecule has 2 rings (SSSR count). The van der Waals surface area contributed by atoms with Crippen molar-refractivity contribution in [2.45, 2.75) is 32.1 Å².